The van der Waals surface area contributed by atoms with Gasteiger partial charge in [0, 0.05) is 74.8 Å². The zero-order valence-corrected chi connectivity index (χ0v) is 67.0. The quantitative estimate of drug-likeness (QED) is 0.0522. The molecule has 0 aromatic rings. The van der Waals surface area contributed by atoms with Crippen molar-refractivity contribution >= 4 is 41.6 Å². The Morgan fingerprint density at radius 3 is 0.640 bits per heavy atom. The van der Waals surface area contributed by atoms with Crippen LogP contribution in [0.3, 0.4) is 0 Å². The van der Waals surface area contributed by atoms with E-state index in [4.69, 9.17) is 123 Å². The fourth-order valence-corrected chi connectivity index (χ4v) is 17.1. The van der Waals surface area contributed by atoms with Crippen molar-refractivity contribution in [1.29, 1.82) is 0 Å². The van der Waals surface area contributed by atoms with Gasteiger partial charge >= 0.3 is 12.1 Å². The lowest BCUT2D eigenvalue weighted by molar-refractivity contribution is -0.221. The number of alkyl carbamates (subject to hydrolysis) is 1. The number of carbonyl (C=O) groups excluding carboxylic acids is 7. The molecule has 0 bridgehead atoms. The summed E-state index contributed by atoms with van der Waals surface area (Å²) in [5, 5.41) is 17.7. The smallest absolute Gasteiger partial charge is 0.407 e. The number of methoxy groups -OCH3 is 7. The molecule has 12 fully saturated rings. The van der Waals surface area contributed by atoms with Gasteiger partial charge in [-0.05, 0) is 104 Å². The van der Waals surface area contributed by atoms with Crippen LogP contribution in [0.1, 0.15) is 142 Å². The summed E-state index contributed by atoms with van der Waals surface area (Å²) in [5.41, 5.74) is -0.962. The molecule has 6 N–H and O–H groups in total. The predicted molar refractivity (Wildman–Crippen MR) is 369 cm³/mol. The number of carbonyl (C=O) groups is 7. The minimum absolute atomic E-state index is 0.387. The van der Waals surface area contributed by atoms with E-state index >= 15 is 19.2 Å². The minimum atomic E-state index is -1.36. The number of esters is 1. The molecule has 0 radical (unpaired) electrons. The highest BCUT2D eigenvalue weighted by atomic mass is 16.9. The molecule has 12 aliphatic heterocycles. The molecule has 12 saturated heterocycles. The van der Waals surface area contributed by atoms with Crippen molar-refractivity contribution in [2.75, 3.05) is 49.8 Å². The molecule has 12 rings (SSSR count). The first-order valence-electron chi connectivity index (χ1n) is 37.7. The van der Waals surface area contributed by atoms with Crippen LogP contribution < -0.4 is 31.9 Å². The van der Waals surface area contributed by atoms with E-state index in [0.29, 0.717) is 0 Å². The van der Waals surface area contributed by atoms with E-state index in [1.807, 2.05) is 0 Å². The molecule has 0 aromatic carbocycles. The predicted octanol–water partition coefficient (Wildman–Crippen LogP) is 0.166. The Hall–Kier alpha value is -4.87. The topological polar surface area (TPSA) is 432 Å². The maximum absolute atomic E-state index is 15.5. The summed E-state index contributed by atoms with van der Waals surface area (Å²) in [6.07, 6.45) is -27.7. The number of rotatable bonds is 30. The molecule has 12 aliphatic rings. The van der Waals surface area contributed by atoms with E-state index in [9.17, 15) is 14.4 Å². The van der Waals surface area contributed by atoms with Crippen LogP contribution in [0.4, 0.5) is 4.79 Å². The van der Waals surface area contributed by atoms with Gasteiger partial charge in [-0.3, -0.25) is 28.8 Å². The van der Waals surface area contributed by atoms with E-state index in [1.54, 1.807) is 104 Å². The van der Waals surface area contributed by atoms with Crippen molar-refractivity contribution in [2.24, 2.45) is 0 Å². The molecule has 6 unspecified atom stereocenters. The lowest BCUT2D eigenvalue weighted by atomic mass is 9.95. The van der Waals surface area contributed by atoms with Gasteiger partial charge in [0.2, 0.25) is 29.5 Å². The van der Waals surface area contributed by atoms with Crippen LogP contribution in [0.5, 0.6) is 0 Å². The van der Waals surface area contributed by atoms with Crippen LogP contribution in [-0.2, 0) is 152 Å². The second-order valence-electron chi connectivity index (χ2n) is 33.5. The van der Waals surface area contributed by atoms with E-state index in [0.717, 1.165) is 0 Å². The van der Waals surface area contributed by atoms with Crippen LogP contribution in [0, 0.1) is 0 Å². The number of amides is 6. The van der Waals surface area contributed by atoms with Gasteiger partial charge in [0.1, 0.15) is 115 Å². The summed E-state index contributed by atoms with van der Waals surface area (Å²) in [6.45, 7) is 25.4. The van der Waals surface area contributed by atoms with E-state index in [2.05, 4.69) is 31.9 Å². The summed E-state index contributed by atoms with van der Waals surface area (Å²) >= 11 is 0. The highest BCUT2D eigenvalue weighted by molar-refractivity contribution is 5.84. The Kier molecular flexibility index (Phi) is 25.3. The average Bonchev–Trinajstić information content (AvgIpc) is 1.64. The van der Waals surface area contributed by atoms with Crippen LogP contribution >= 0.6 is 0 Å². The molecule has 111 heavy (non-hydrogen) atoms. The second-order valence-corrected chi connectivity index (χ2v) is 33.5. The molecule has 0 saturated carbocycles. The highest BCUT2D eigenvalue weighted by Crippen LogP contribution is 2.47. The average molecular weight is 1590 g/mol. The van der Waals surface area contributed by atoms with Crippen LogP contribution in [0.2, 0.25) is 0 Å². The summed E-state index contributed by atoms with van der Waals surface area (Å²) in [5.74, 6) is -11.1. The van der Waals surface area contributed by atoms with E-state index in [-0.39, 0.29) is 6.42 Å². The fourth-order valence-electron chi connectivity index (χ4n) is 17.1. The standard InChI is InChI=1S/C72H114N6O33/c1-66(2,3)111-65(85)78-33(45-51(91-21)57-63(97-45)109-71(12,13)103-57)27-39(83)76-31(43-49(89-19)55-61(95-43)107-69(8,9)101-55)25-37(81)74-29(41-47(87-17)53-59(93-41)105-67(4,5)99-53)23-35(79)73-30(42-48(88-18)54-60(94-42)106-68(6,7)100-54)24-36(80)75-32(44-50(90-20)56-62(96-44)108-70(10,11)102-56)26-38(82)77-34(28-40(84)86-16)46-52(92-22)58-64(98-46)110-72(14,15)104-58/h29-34,41-64H,23-28H2,1-22H3,(H,73,79)(H,74,81)(H,75,80)(H,76,83)(H,77,82)(H,78,85)/t29?,30?,31?,32?,33?,34?,41-,42+,43+,44-,45-,46+,47+,48+,49+,50+,51+,52+,53-,54-,55-,56-,57-,58-,59-,60-,61-,62-,63-,64-/m1/s1. The Labute approximate surface area is 644 Å². The van der Waals surface area contributed by atoms with Crippen molar-refractivity contribution in [3.63, 3.8) is 0 Å². The first-order chi connectivity index (χ1) is 51.9. The van der Waals surface area contributed by atoms with Crippen molar-refractivity contribution < 1.29 is 157 Å². The van der Waals surface area contributed by atoms with Gasteiger partial charge in [0.15, 0.2) is 72.5 Å². The molecule has 6 amide bonds. The summed E-state index contributed by atoms with van der Waals surface area (Å²) in [7, 11) is 9.71. The Morgan fingerprint density at radius 1 is 0.288 bits per heavy atom. The minimum Gasteiger partial charge on any atom is -0.469 e. The zero-order valence-electron chi connectivity index (χ0n) is 67.0. The Bertz CT molecular complexity index is 3340. The van der Waals surface area contributed by atoms with E-state index < -0.39 is 298 Å². The first kappa shape index (κ1) is 85.5. The number of nitrogens with one attached hydrogen (secondary N) is 6. The van der Waals surface area contributed by atoms with Gasteiger partial charge in [-0.2, -0.15) is 0 Å². The van der Waals surface area contributed by atoms with Gasteiger partial charge in [-0.1, -0.05) is 0 Å². The van der Waals surface area contributed by atoms with Crippen molar-refractivity contribution in [2.45, 2.75) is 367 Å². The maximum atomic E-state index is 15.5. The molecular formula is C72H114N6O33. The fraction of sp³-hybridized carbons (Fsp3) is 0.903. The lowest BCUT2D eigenvalue weighted by Gasteiger charge is -2.34. The number of hydrogen-bond donors (Lipinski definition) is 6. The third-order valence-corrected chi connectivity index (χ3v) is 21.2. The van der Waals surface area contributed by atoms with Gasteiger partial charge in [0.05, 0.1) is 49.8 Å². The zero-order chi connectivity index (χ0) is 80.7. The number of hydrogen-bond acceptors (Lipinski definition) is 33. The van der Waals surface area contributed by atoms with Crippen LogP contribution in [0.15, 0.2) is 0 Å². The Morgan fingerprint density at radius 2 is 0.468 bits per heavy atom. The maximum Gasteiger partial charge on any atom is 0.407 e. The van der Waals surface area contributed by atoms with Gasteiger partial charge in [0.25, 0.3) is 0 Å². The SMILES string of the molecule is COC(=O)CC(NC(=O)CC(NC(=O)CC(NC(=O)CC(NC(=O)CC(NC(=O)CC(NC(=O)OC(C)(C)C)[C@H]1O[C@@H]2OC(C)(C)O[C@@H]2[C@H]1OC)[C@@H]1O[C@@H]2OC(C)(C)O[C@@H]2[C@H]1OC)[C@H]1O[C@@H]2OC(C)(C)O[C@@H]2[C@H]1OC)[C@@H]1O[C@@H]2OC(C)(C)O[C@@H]2[C@H]1OC)[C@H]1O[C@@H]2OC(C)(C)O[C@@H]2[C@H]1OC)[C@@H]1O[C@@H]2OC(C)(C)O[C@@H]2[C@H]1OC. The summed E-state index contributed by atoms with van der Waals surface area (Å²) in [6, 6.07) is -7.58. The normalized spacial score (nSPS) is 39.5. The molecule has 30 atom stereocenters. The van der Waals surface area contributed by atoms with Crippen molar-refractivity contribution in [3.8, 4) is 0 Å². The molecule has 39 nitrogen and oxygen atoms in total. The first-order valence-corrected chi connectivity index (χ1v) is 37.7. The van der Waals surface area contributed by atoms with Gasteiger partial charge in [-0.15, -0.1) is 0 Å². The van der Waals surface area contributed by atoms with E-state index in [1.165, 1.54) is 49.8 Å². The third-order valence-electron chi connectivity index (χ3n) is 21.2. The monoisotopic (exact) mass is 1590 g/mol. The van der Waals surface area contributed by atoms with Crippen LogP contribution in [0.25, 0.3) is 0 Å². The largest absolute Gasteiger partial charge is 0.469 e. The molecule has 12 heterocycles. The summed E-state index contributed by atoms with van der Waals surface area (Å²) in [4.78, 5) is 103. The molecule has 0 spiro atoms. The second kappa shape index (κ2) is 32.9. The van der Waals surface area contributed by atoms with Crippen LogP contribution in [-0.4, -0.2) is 316 Å². The summed E-state index contributed by atoms with van der Waals surface area (Å²) < 4.78 is 160. The molecule has 0 aliphatic carbocycles. The van der Waals surface area contributed by atoms with Gasteiger partial charge < -0.3 is 155 Å². The van der Waals surface area contributed by atoms with Crippen molar-refractivity contribution in [1.82, 2.24) is 31.9 Å². The highest BCUT2D eigenvalue weighted by Gasteiger charge is 2.65. The lowest BCUT2D eigenvalue weighted by Crippen LogP contribution is -2.58. The number of ether oxygens (including phenoxy) is 26. The number of fused-ring (bicyclic) bond motifs is 6. The van der Waals surface area contributed by atoms with Gasteiger partial charge in [-0.25, -0.2) is 4.79 Å². The Balaban J connectivity index is 0.826. The third kappa shape index (κ3) is 19.1. The molecule has 39 heteroatoms. The van der Waals surface area contributed by atoms with Crippen molar-refractivity contribution in [3.05, 3.63) is 0 Å². The molecular weight excluding hydrogens is 1480 g/mol. The molecule has 0 aromatic heterocycles. The molecule has 630 valence electrons.